The van der Waals surface area contributed by atoms with E-state index in [0.717, 1.165) is 35.5 Å². The zero-order chi connectivity index (χ0) is 31.0. The average molecular weight is 603 g/mol. The molecule has 0 unspecified atom stereocenters. The van der Waals surface area contributed by atoms with E-state index in [1.54, 1.807) is 49.0 Å². The van der Waals surface area contributed by atoms with E-state index in [-0.39, 0.29) is 5.97 Å². The van der Waals surface area contributed by atoms with Gasteiger partial charge in [0.2, 0.25) is 0 Å². The number of hydrogen-bond acceptors (Lipinski definition) is 7. The molecule has 0 aliphatic carbocycles. The molecule has 6 nitrogen and oxygen atoms in total. The molecule has 0 heterocycles. The number of carbonyl (C=O) groups excluding carboxylic acids is 3. The van der Waals surface area contributed by atoms with E-state index in [4.69, 9.17) is 14.2 Å². The molecular weight excluding hydrogens is 560 g/mol. The van der Waals surface area contributed by atoms with Crippen molar-refractivity contribution in [2.75, 3.05) is 12.4 Å². The lowest BCUT2D eigenvalue weighted by atomic mass is 10.1. The Morgan fingerprint density at radius 3 is 1.98 bits per heavy atom. The van der Waals surface area contributed by atoms with Crippen LogP contribution in [0.5, 0.6) is 11.5 Å². The van der Waals surface area contributed by atoms with Crippen LogP contribution < -0.4 is 9.47 Å². The Bertz CT molecular complexity index is 1360. The van der Waals surface area contributed by atoms with Crippen LogP contribution in [-0.2, 0) is 16.0 Å². The maximum atomic E-state index is 12.7. The lowest BCUT2D eigenvalue weighted by Gasteiger charge is -2.10. The number of unbranched alkanes of at least 4 members (excludes halogenated alkanes) is 5. The monoisotopic (exact) mass is 602 g/mol. The van der Waals surface area contributed by atoms with E-state index in [1.165, 1.54) is 37.7 Å². The molecule has 0 saturated heterocycles. The Morgan fingerprint density at radius 2 is 1.35 bits per heavy atom. The Balaban J connectivity index is 1.43. The Kier molecular flexibility index (Phi) is 14.1. The quantitative estimate of drug-likeness (QED) is 0.0502. The highest BCUT2D eigenvalue weighted by Crippen LogP contribution is 2.25. The smallest absolute Gasteiger partial charge is 0.343 e. The molecule has 0 aliphatic heterocycles. The maximum Gasteiger partial charge on any atom is 0.343 e. The van der Waals surface area contributed by atoms with E-state index in [9.17, 15) is 14.4 Å². The van der Waals surface area contributed by atoms with Gasteiger partial charge in [-0.2, -0.15) is 0 Å². The standard InChI is InChI=1S/C36H42O6S/c1-5-6-7-8-9-12-28-13-18-31(19-14-28)41-35(38)29-15-20-32(21-16-29)42-36(39)30-17-22-33(27(4)25-30)43-24-11-10-23-40-34(37)26(2)3/h13-22,25H,2,5-12,23-24H2,1,3-4H3. The van der Waals surface area contributed by atoms with Crippen LogP contribution in [0.4, 0.5) is 0 Å². The summed E-state index contributed by atoms with van der Waals surface area (Å²) in [6.45, 7) is 9.75. The molecule has 7 heteroatoms. The third-order valence-corrected chi connectivity index (χ3v) is 8.05. The first-order valence-electron chi connectivity index (χ1n) is 15.0. The van der Waals surface area contributed by atoms with Gasteiger partial charge in [0.25, 0.3) is 0 Å². The van der Waals surface area contributed by atoms with Gasteiger partial charge in [-0.05, 0) is 111 Å². The van der Waals surface area contributed by atoms with Gasteiger partial charge in [0.1, 0.15) is 11.5 Å². The van der Waals surface area contributed by atoms with Gasteiger partial charge in [0.15, 0.2) is 0 Å². The number of hydrogen-bond donors (Lipinski definition) is 0. The van der Waals surface area contributed by atoms with Crippen molar-refractivity contribution in [1.29, 1.82) is 0 Å². The van der Waals surface area contributed by atoms with E-state index in [0.29, 0.717) is 34.8 Å². The Morgan fingerprint density at radius 1 is 0.744 bits per heavy atom. The second-order valence-electron chi connectivity index (χ2n) is 10.6. The Labute approximate surface area is 259 Å². The zero-order valence-electron chi connectivity index (χ0n) is 25.5. The summed E-state index contributed by atoms with van der Waals surface area (Å²) in [5.41, 5.74) is 3.43. The second-order valence-corrected chi connectivity index (χ2v) is 11.7. The highest BCUT2D eigenvalue weighted by molar-refractivity contribution is 7.99. The summed E-state index contributed by atoms with van der Waals surface area (Å²) in [4.78, 5) is 37.9. The summed E-state index contributed by atoms with van der Waals surface area (Å²) in [5.74, 6) is 0.407. The van der Waals surface area contributed by atoms with Crippen LogP contribution in [0.2, 0.25) is 0 Å². The molecule has 3 aromatic carbocycles. The highest BCUT2D eigenvalue weighted by atomic mass is 32.2. The molecule has 228 valence electrons. The number of carbonyl (C=O) groups is 3. The minimum absolute atomic E-state index is 0.341. The number of esters is 3. The molecule has 0 bridgehead atoms. The fourth-order valence-electron chi connectivity index (χ4n) is 4.26. The lowest BCUT2D eigenvalue weighted by molar-refractivity contribution is -0.139. The number of benzene rings is 3. The first-order chi connectivity index (χ1) is 20.8. The van der Waals surface area contributed by atoms with Crippen LogP contribution in [0.1, 0.15) is 90.6 Å². The molecule has 0 spiro atoms. The van der Waals surface area contributed by atoms with Gasteiger partial charge in [-0.15, -0.1) is 11.8 Å². The van der Waals surface area contributed by atoms with E-state index in [2.05, 4.69) is 13.5 Å². The summed E-state index contributed by atoms with van der Waals surface area (Å²) in [6, 6.07) is 19.5. The molecule has 0 atom stereocenters. The molecule has 0 N–H and O–H groups in total. The average Bonchev–Trinajstić information content (AvgIpc) is 3.00. The van der Waals surface area contributed by atoms with Crippen molar-refractivity contribution in [3.8, 4) is 11.5 Å². The van der Waals surface area contributed by atoms with Crippen LogP contribution in [0.25, 0.3) is 0 Å². The van der Waals surface area contributed by atoms with Crippen LogP contribution in [-0.4, -0.2) is 30.3 Å². The summed E-state index contributed by atoms with van der Waals surface area (Å²) in [7, 11) is 0. The van der Waals surface area contributed by atoms with Gasteiger partial charge in [-0.3, -0.25) is 0 Å². The third kappa shape index (κ3) is 11.8. The molecule has 43 heavy (non-hydrogen) atoms. The van der Waals surface area contributed by atoms with Crippen molar-refractivity contribution in [3.05, 3.63) is 101 Å². The van der Waals surface area contributed by atoms with Crippen molar-refractivity contribution in [3.63, 3.8) is 0 Å². The van der Waals surface area contributed by atoms with Crippen molar-refractivity contribution >= 4 is 29.7 Å². The first-order valence-corrected chi connectivity index (χ1v) is 15.9. The number of thioether (sulfide) groups is 1. The van der Waals surface area contributed by atoms with Gasteiger partial charge in [-0.25, -0.2) is 14.4 Å². The molecule has 0 radical (unpaired) electrons. The minimum Gasteiger partial charge on any atom is -0.462 e. The predicted octanol–water partition coefficient (Wildman–Crippen LogP) is 8.94. The van der Waals surface area contributed by atoms with Crippen LogP contribution in [0.3, 0.4) is 0 Å². The maximum absolute atomic E-state index is 12.7. The van der Waals surface area contributed by atoms with Gasteiger partial charge < -0.3 is 14.2 Å². The molecule has 3 aromatic rings. The molecule has 0 saturated carbocycles. The van der Waals surface area contributed by atoms with E-state index in [1.807, 2.05) is 43.3 Å². The molecule has 0 aliphatic rings. The van der Waals surface area contributed by atoms with Crippen molar-refractivity contribution in [2.45, 2.75) is 77.0 Å². The molecule has 0 fully saturated rings. The van der Waals surface area contributed by atoms with Gasteiger partial charge in [0.05, 0.1) is 17.7 Å². The fourth-order valence-corrected chi connectivity index (χ4v) is 5.28. The van der Waals surface area contributed by atoms with Crippen LogP contribution in [0.15, 0.2) is 83.8 Å². The molecule has 0 amide bonds. The van der Waals surface area contributed by atoms with E-state index >= 15 is 0 Å². The van der Waals surface area contributed by atoms with Gasteiger partial charge >= 0.3 is 17.9 Å². The van der Waals surface area contributed by atoms with Crippen molar-refractivity contribution in [2.24, 2.45) is 0 Å². The predicted molar refractivity (Wildman–Crippen MR) is 172 cm³/mol. The summed E-state index contributed by atoms with van der Waals surface area (Å²) in [5, 5.41) is 0. The number of ether oxygens (including phenoxy) is 3. The summed E-state index contributed by atoms with van der Waals surface area (Å²) >= 11 is 1.69. The van der Waals surface area contributed by atoms with Crippen LogP contribution >= 0.6 is 11.8 Å². The largest absolute Gasteiger partial charge is 0.462 e. The minimum atomic E-state index is -0.472. The zero-order valence-corrected chi connectivity index (χ0v) is 26.3. The van der Waals surface area contributed by atoms with E-state index < -0.39 is 11.9 Å². The SMILES string of the molecule is C=C(C)C(=O)OCCCCSc1ccc(C(=O)Oc2ccc(C(=O)Oc3ccc(CCCCCCC)cc3)cc2)cc1C. The number of rotatable bonds is 17. The summed E-state index contributed by atoms with van der Waals surface area (Å²) < 4.78 is 16.2. The lowest BCUT2D eigenvalue weighted by Crippen LogP contribution is -2.10. The molecule has 0 aromatic heterocycles. The Hall–Kier alpha value is -3.84. The highest BCUT2D eigenvalue weighted by Gasteiger charge is 2.13. The van der Waals surface area contributed by atoms with Crippen molar-refractivity contribution in [1.82, 2.24) is 0 Å². The third-order valence-electron chi connectivity index (χ3n) is 6.79. The second kappa shape index (κ2) is 18.0. The normalized spacial score (nSPS) is 10.7. The number of aryl methyl sites for hydroxylation is 2. The van der Waals surface area contributed by atoms with Crippen molar-refractivity contribution < 1.29 is 28.6 Å². The fraction of sp³-hybridized carbons (Fsp3) is 0.361. The van der Waals surface area contributed by atoms with Gasteiger partial charge in [-0.1, -0.05) is 51.3 Å². The van der Waals surface area contributed by atoms with Crippen LogP contribution in [0, 0.1) is 6.92 Å². The molecule has 3 rings (SSSR count). The topological polar surface area (TPSA) is 78.9 Å². The van der Waals surface area contributed by atoms with Gasteiger partial charge in [0, 0.05) is 10.5 Å². The molecular formula is C36H42O6S. The first kappa shape index (κ1) is 33.7. The summed E-state index contributed by atoms with van der Waals surface area (Å²) in [6.07, 6.45) is 8.90.